The second-order valence-electron chi connectivity index (χ2n) is 6.53. The van der Waals surface area contributed by atoms with E-state index in [2.05, 4.69) is 25.2 Å². The number of aryl methyl sites for hydroxylation is 1. The third-order valence-corrected chi connectivity index (χ3v) is 7.33. The van der Waals surface area contributed by atoms with E-state index in [1.165, 1.54) is 17.7 Å². The lowest BCUT2D eigenvalue weighted by Gasteiger charge is -2.31. The Hall–Kier alpha value is -2.14. The van der Waals surface area contributed by atoms with Gasteiger partial charge in [0, 0.05) is 37.9 Å². The first-order valence-corrected chi connectivity index (χ1v) is 10.8. The van der Waals surface area contributed by atoms with Gasteiger partial charge in [-0.3, -0.25) is 0 Å². The van der Waals surface area contributed by atoms with Gasteiger partial charge in [-0.05, 0) is 32.2 Å². The monoisotopic (exact) mass is 404 g/mol. The highest BCUT2D eigenvalue weighted by Crippen LogP contribution is 2.30. The van der Waals surface area contributed by atoms with Crippen LogP contribution >= 0.6 is 11.3 Å². The highest BCUT2D eigenvalue weighted by atomic mass is 32.2. The van der Waals surface area contributed by atoms with Gasteiger partial charge in [0.05, 0.1) is 15.1 Å². The molecule has 3 aromatic rings. The first-order valence-electron chi connectivity index (χ1n) is 8.57. The van der Waals surface area contributed by atoms with Crippen molar-refractivity contribution in [2.45, 2.75) is 11.8 Å². The summed E-state index contributed by atoms with van der Waals surface area (Å²) >= 11 is 1.40. The molecule has 1 saturated heterocycles. The maximum Gasteiger partial charge on any atom is 0.243 e. The van der Waals surface area contributed by atoms with Gasteiger partial charge >= 0.3 is 0 Å². The van der Waals surface area contributed by atoms with Crippen molar-refractivity contribution in [1.29, 1.82) is 0 Å². The third kappa shape index (κ3) is 3.79. The minimum Gasteiger partial charge on any atom is -0.316 e. The van der Waals surface area contributed by atoms with E-state index in [1.54, 1.807) is 22.5 Å². The van der Waals surface area contributed by atoms with Crippen molar-refractivity contribution in [2.24, 2.45) is 0 Å². The van der Waals surface area contributed by atoms with Gasteiger partial charge in [-0.1, -0.05) is 11.3 Å². The number of thiazole rings is 1. The Morgan fingerprint density at radius 2 is 1.89 bits per heavy atom. The van der Waals surface area contributed by atoms with E-state index in [9.17, 15) is 8.42 Å². The normalized spacial score (nSPS) is 16.7. The van der Waals surface area contributed by atoms with E-state index in [0.29, 0.717) is 28.9 Å². The second kappa shape index (κ2) is 7.12. The Morgan fingerprint density at radius 1 is 1.11 bits per heavy atom. The molecule has 10 heteroatoms. The van der Waals surface area contributed by atoms with E-state index >= 15 is 0 Å². The van der Waals surface area contributed by atoms with Crippen molar-refractivity contribution in [3.05, 3.63) is 36.3 Å². The number of aromatic nitrogens is 3. The summed E-state index contributed by atoms with van der Waals surface area (Å²) in [6.45, 7) is 4.41. The molecular formula is C17H20N6O2S2. The summed E-state index contributed by atoms with van der Waals surface area (Å²) in [5.74, 6) is 0.659. The molecule has 0 spiro atoms. The zero-order valence-electron chi connectivity index (χ0n) is 15.1. The number of nitrogens with zero attached hydrogens (tertiary/aromatic N) is 5. The van der Waals surface area contributed by atoms with Crippen molar-refractivity contribution >= 4 is 42.5 Å². The summed E-state index contributed by atoms with van der Waals surface area (Å²) in [4.78, 5) is 15.2. The van der Waals surface area contributed by atoms with E-state index < -0.39 is 10.0 Å². The molecule has 1 fully saturated rings. The Labute approximate surface area is 161 Å². The van der Waals surface area contributed by atoms with Crippen LogP contribution < -0.4 is 5.32 Å². The first kappa shape index (κ1) is 18.2. The number of benzene rings is 1. The van der Waals surface area contributed by atoms with Gasteiger partial charge in [-0.25, -0.2) is 23.4 Å². The fourth-order valence-corrected chi connectivity index (χ4v) is 5.36. The van der Waals surface area contributed by atoms with Crippen molar-refractivity contribution in [1.82, 2.24) is 24.2 Å². The Balaban J connectivity index is 1.61. The largest absolute Gasteiger partial charge is 0.316 e. The van der Waals surface area contributed by atoms with Crippen LogP contribution in [0.3, 0.4) is 0 Å². The van der Waals surface area contributed by atoms with Gasteiger partial charge in [0.25, 0.3) is 0 Å². The van der Waals surface area contributed by atoms with Crippen LogP contribution in [0.15, 0.2) is 35.5 Å². The number of anilines is 2. The maximum atomic E-state index is 12.9. The number of hydrogen-bond donors (Lipinski definition) is 1. The minimum atomic E-state index is -3.49. The molecule has 27 heavy (non-hydrogen) atoms. The second-order valence-corrected chi connectivity index (χ2v) is 9.49. The average molecular weight is 405 g/mol. The van der Waals surface area contributed by atoms with Crippen LogP contribution in [-0.2, 0) is 10.0 Å². The lowest BCUT2D eigenvalue weighted by molar-refractivity contribution is 0.222. The number of likely N-dealkylation sites (N-methyl/N-ethyl adjacent to an activating group) is 1. The molecule has 4 rings (SSSR count). The Morgan fingerprint density at radius 3 is 2.63 bits per heavy atom. The summed E-state index contributed by atoms with van der Waals surface area (Å²) < 4.78 is 28.2. The summed E-state index contributed by atoms with van der Waals surface area (Å²) in [6.07, 6.45) is 1.49. The average Bonchev–Trinajstić information content (AvgIpc) is 3.03. The highest BCUT2D eigenvalue weighted by molar-refractivity contribution is 7.89. The maximum absolute atomic E-state index is 12.9. The third-order valence-electron chi connectivity index (χ3n) is 4.50. The van der Waals surface area contributed by atoms with Crippen molar-refractivity contribution < 1.29 is 8.42 Å². The molecular weight excluding hydrogens is 384 g/mol. The molecule has 142 valence electrons. The summed E-state index contributed by atoms with van der Waals surface area (Å²) in [5.41, 5.74) is 1.61. The summed E-state index contributed by atoms with van der Waals surface area (Å²) in [7, 11) is -1.49. The lowest BCUT2D eigenvalue weighted by Crippen LogP contribution is -2.46. The quantitative estimate of drug-likeness (QED) is 0.712. The van der Waals surface area contributed by atoms with E-state index in [1.807, 2.05) is 20.0 Å². The first-order chi connectivity index (χ1) is 12.9. The molecule has 0 atom stereocenters. The molecule has 1 N–H and O–H groups in total. The predicted molar refractivity (Wildman–Crippen MR) is 106 cm³/mol. The Bertz CT molecular complexity index is 1070. The topological polar surface area (TPSA) is 91.3 Å². The lowest BCUT2D eigenvalue weighted by atomic mass is 10.3. The molecule has 8 nitrogen and oxygen atoms in total. The van der Waals surface area contributed by atoms with Crippen molar-refractivity contribution in [2.75, 3.05) is 38.5 Å². The van der Waals surface area contributed by atoms with E-state index in [0.717, 1.165) is 29.0 Å². The summed E-state index contributed by atoms with van der Waals surface area (Å²) in [5, 5.41) is 3.82. The van der Waals surface area contributed by atoms with Gasteiger partial charge in [0.1, 0.15) is 12.1 Å². The standard InChI is InChI=1S/C17H20N6O2S2/c1-12-9-16(19-11-18-12)21-17-20-14-4-3-13(10-15(14)26-17)27(24,25)23-7-5-22(2)6-8-23/h3-4,9-11H,5-8H2,1-2H3,(H,18,19,20,21). The van der Waals surface area contributed by atoms with Crippen LogP contribution in [0.4, 0.5) is 10.9 Å². The molecule has 2 aromatic heterocycles. The molecule has 1 aliphatic rings. The number of piperazine rings is 1. The van der Waals surface area contributed by atoms with Crippen LogP contribution in [0.5, 0.6) is 0 Å². The number of hydrogen-bond acceptors (Lipinski definition) is 8. The van der Waals surface area contributed by atoms with E-state index in [-0.39, 0.29) is 0 Å². The zero-order valence-corrected chi connectivity index (χ0v) is 16.7. The number of rotatable bonds is 4. The fraction of sp³-hybridized carbons (Fsp3) is 0.353. The predicted octanol–water partition coefficient (Wildman–Crippen LogP) is 2.07. The molecule has 3 heterocycles. The van der Waals surface area contributed by atoms with Gasteiger partial charge in [0.15, 0.2) is 5.13 Å². The minimum absolute atomic E-state index is 0.313. The van der Waals surface area contributed by atoms with Crippen LogP contribution in [0, 0.1) is 6.92 Å². The number of sulfonamides is 1. The summed E-state index contributed by atoms with van der Waals surface area (Å²) in [6, 6.07) is 6.92. The number of nitrogens with one attached hydrogen (secondary N) is 1. The molecule has 0 unspecified atom stereocenters. The van der Waals surface area contributed by atoms with Gasteiger partial charge < -0.3 is 10.2 Å². The van der Waals surface area contributed by atoms with Crippen molar-refractivity contribution in [3.8, 4) is 0 Å². The highest BCUT2D eigenvalue weighted by Gasteiger charge is 2.27. The van der Waals surface area contributed by atoms with E-state index in [4.69, 9.17) is 0 Å². The molecule has 1 aromatic carbocycles. The molecule has 1 aliphatic heterocycles. The SMILES string of the molecule is Cc1cc(Nc2nc3ccc(S(=O)(=O)N4CCN(C)CC4)cc3s2)ncn1. The molecule has 0 radical (unpaired) electrons. The van der Waals surface area contributed by atoms with Crippen LogP contribution in [0.2, 0.25) is 0 Å². The van der Waals surface area contributed by atoms with Gasteiger partial charge in [0.2, 0.25) is 10.0 Å². The van der Waals surface area contributed by atoms with Gasteiger partial charge in [-0.2, -0.15) is 4.31 Å². The van der Waals surface area contributed by atoms with Crippen LogP contribution in [0.25, 0.3) is 10.2 Å². The molecule has 0 aliphatic carbocycles. The molecule has 0 saturated carbocycles. The fourth-order valence-electron chi connectivity index (χ4n) is 2.93. The van der Waals surface area contributed by atoms with Gasteiger partial charge in [-0.15, -0.1) is 0 Å². The van der Waals surface area contributed by atoms with Crippen molar-refractivity contribution in [3.63, 3.8) is 0 Å². The molecule has 0 amide bonds. The molecule has 0 bridgehead atoms. The number of fused-ring (bicyclic) bond motifs is 1. The van der Waals surface area contributed by atoms with Crippen LogP contribution in [-0.4, -0.2) is 65.8 Å². The van der Waals surface area contributed by atoms with Crippen LogP contribution in [0.1, 0.15) is 5.69 Å². The smallest absolute Gasteiger partial charge is 0.243 e. The zero-order chi connectivity index (χ0) is 19.0. The Kier molecular flexibility index (Phi) is 4.81.